The van der Waals surface area contributed by atoms with E-state index in [0.29, 0.717) is 5.56 Å². The van der Waals surface area contributed by atoms with Crippen LogP contribution in [0.25, 0.3) is 0 Å². The van der Waals surface area contributed by atoms with Gasteiger partial charge in [-0.15, -0.1) is 12.4 Å². The van der Waals surface area contributed by atoms with Gasteiger partial charge < -0.3 is 24.3 Å². The third-order valence-electron chi connectivity index (χ3n) is 2.75. The molecule has 0 saturated heterocycles. The summed E-state index contributed by atoms with van der Waals surface area (Å²) >= 11 is 0. The van der Waals surface area contributed by atoms with Crippen molar-refractivity contribution >= 4 is 30.1 Å². The number of carbonyl (C=O) groups excluding carboxylic acids is 3. The number of carbonyl (C=O) groups is 3. The normalized spacial score (nSPS) is 9.46. The van der Waals surface area contributed by atoms with Gasteiger partial charge in [0.05, 0.1) is 20.8 Å². The molecule has 9 heteroatoms. The second-order valence-electron chi connectivity index (χ2n) is 4.34. The summed E-state index contributed by atoms with van der Waals surface area (Å²) in [6.45, 7) is -0.525. The predicted octanol–water partition coefficient (Wildman–Crippen LogP) is 0.614. The summed E-state index contributed by atoms with van der Waals surface area (Å²) in [5.74, 6) is -0.952. The third kappa shape index (κ3) is 6.84. The second-order valence-corrected chi connectivity index (χ2v) is 4.34. The van der Waals surface area contributed by atoms with Crippen molar-refractivity contribution < 1.29 is 33.3 Å². The van der Waals surface area contributed by atoms with Gasteiger partial charge >= 0.3 is 11.9 Å². The maximum atomic E-state index is 11.9. The maximum Gasteiger partial charge on any atom is 0.343 e. The Labute approximate surface area is 145 Å². The van der Waals surface area contributed by atoms with Gasteiger partial charge in [0.25, 0.3) is 0 Å². The second kappa shape index (κ2) is 11.3. The topological polar surface area (TPSA) is 100 Å². The fraction of sp³-hybridized carbons (Fsp3) is 0.400. The van der Waals surface area contributed by atoms with Crippen LogP contribution in [0.2, 0.25) is 0 Å². The molecule has 0 aliphatic heterocycles. The Morgan fingerprint density at radius 3 is 2.00 bits per heavy atom. The van der Waals surface area contributed by atoms with Crippen molar-refractivity contribution in [2.45, 2.75) is 0 Å². The molecule has 0 atom stereocenters. The van der Waals surface area contributed by atoms with Crippen molar-refractivity contribution in [3.8, 4) is 11.5 Å². The van der Waals surface area contributed by atoms with E-state index < -0.39 is 11.9 Å². The Morgan fingerprint density at radius 1 is 0.958 bits per heavy atom. The molecule has 8 nitrogen and oxygen atoms in total. The molecule has 0 saturated carbocycles. The zero-order valence-electron chi connectivity index (χ0n) is 13.6. The van der Waals surface area contributed by atoms with Crippen LogP contribution >= 0.6 is 12.4 Å². The molecule has 1 rings (SSSR count). The summed E-state index contributed by atoms with van der Waals surface area (Å²) in [6.07, 6.45) is 0. The van der Waals surface area contributed by atoms with Gasteiger partial charge in [-0.3, -0.25) is 4.79 Å². The van der Waals surface area contributed by atoms with E-state index in [9.17, 15) is 14.4 Å². The highest BCUT2D eigenvalue weighted by Crippen LogP contribution is 2.28. The van der Waals surface area contributed by atoms with Gasteiger partial charge in [-0.05, 0) is 25.2 Å². The van der Waals surface area contributed by atoms with E-state index in [4.69, 9.17) is 9.47 Å². The lowest BCUT2D eigenvalue weighted by Crippen LogP contribution is -2.19. The van der Waals surface area contributed by atoms with Gasteiger partial charge in [-0.25, -0.2) is 9.59 Å². The van der Waals surface area contributed by atoms with Gasteiger partial charge in [0, 0.05) is 5.56 Å². The number of benzene rings is 1. The fourth-order valence-corrected chi connectivity index (χ4v) is 1.57. The van der Waals surface area contributed by atoms with Crippen molar-refractivity contribution in [2.24, 2.45) is 0 Å². The van der Waals surface area contributed by atoms with Crippen LogP contribution in [0.5, 0.6) is 11.5 Å². The van der Waals surface area contributed by atoms with Crippen LogP contribution in [0, 0.1) is 0 Å². The van der Waals surface area contributed by atoms with E-state index in [1.165, 1.54) is 32.4 Å². The molecular weight excluding hydrogens is 342 g/mol. The molecule has 0 spiro atoms. The number of ketones is 1. The Balaban J connectivity index is 0.00000529. The molecule has 0 aliphatic rings. The first-order valence-corrected chi connectivity index (χ1v) is 6.72. The average molecular weight is 362 g/mol. The van der Waals surface area contributed by atoms with Crippen molar-refractivity contribution in [3.63, 3.8) is 0 Å². The quantitative estimate of drug-likeness (QED) is 0.504. The molecule has 1 aromatic carbocycles. The van der Waals surface area contributed by atoms with E-state index in [1.54, 1.807) is 7.05 Å². The number of hydrogen-bond acceptors (Lipinski definition) is 8. The predicted molar refractivity (Wildman–Crippen MR) is 87.0 cm³/mol. The highest BCUT2D eigenvalue weighted by molar-refractivity contribution is 5.98. The standard InChI is InChI=1S/C15H19NO7.ClH/c1-16-7-11(17)10-4-5-12(22-8-14(18)20-2)13(6-10)23-9-15(19)21-3;/h4-6,16H,7-9H2,1-3H3;1H. The van der Waals surface area contributed by atoms with Crippen LogP contribution in [-0.2, 0) is 19.1 Å². The van der Waals surface area contributed by atoms with Crippen LogP contribution < -0.4 is 14.8 Å². The fourth-order valence-electron chi connectivity index (χ4n) is 1.57. The van der Waals surface area contributed by atoms with Crippen molar-refractivity contribution in [1.29, 1.82) is 0 Å². The summed E-state index contributed by atoms with van der Waals surface area (Å²) in [5, 5.41) is 2.75. The highest BCUT2D eigenvalue weighted by atomic mass is 35.5. The van der Waals surface area contributed by atoms with Crippen molar-refractivity contribution in [1.82, 2.24) is 5.32 Å². The summed E-state index contributed by atoms with van der Waals surface area (Å²) in [4.78, 5) is 34.2. The lowest BCUT2D eigenvalue weighted by Gasteiger charge is -2.13. The van der Waals surface area contributed by atoms with E-state index in [2.05, 4.69) is 14.8 Å². The van der Waals surface area contributed by atoms with E-state index >= 15 is 0 Å². The third-order valence-corrected chi connectivity index (χ3v) is 2.75. The number of likely N-dealkylation sites (N-methyl/N-ethyl adjacent to an activating group) is 1. The Kier molecular flexibility index (Phi) is 10.2. The summed E-state index contributed by atoms with van der Waals surface area (Å²) in [7, 11) is 4.12. The Morgan fingerprint density at radius 2 is 1.50 bits per heavy atom. The monoisotopic (exact) mass is 361 g/mol. The molecule has 0 aliphatic carbocycles. The number of nitrogens with one attached hydrogen (secondary N) is 1. The summed E-state index contributed by atoms with van der Waals surface area (Å²) in [6, 6.07) is 4.46. The van der Waals surface area contributed by atoms with Crippen LogP contribution in [-0.4, -0.2) is 58.7 Å². The van der Waals surface area contributed by atoms with Crippen LogP contribution in [0.4, 0.5) is 0 Å². The number of hydrogen-bond donors (Lipinski definition) is 1. The minimum atomic E-state index is -0.587. The Bertz CT molecular complexity index is 577. The number of Topliss-reactive ketones (excluding diaryl/α,β-unsaturated/α-hetero) is 1. The lowest BCUT2D eigenvalue weighted by molar-refractivity contribution is -0.144. The molecule has 0 aromatic heterocycles. The smallest absolute Gasteiger partial charge is 0.343 e. The maximum absolute atomic E-state index is 11.9. The lowest BCUT2D eigenvalue weighted by atomic mass is 10.1. The number of esters is 2. The van der Waals surface area contributed by atoms with Gasteiger partial charge in [0.2, 0.25) is 0 Å². The van der Waals surface area contributed by atoms with Crippen LogP contribution in [0.1, 0.15) is 10.4 Å². The zero-order chi connectivity index (χ0) is 17.2. The molecule has 0 fully saturated rings. The van der Waals surface area contributed by atoms with Crippen molar-refractivity contribution in [3.05, 3.63) is 23.8 Å². The van der Waals surface area contributed by atoms with Crippen molar-refractivity contribution in [2.75, 3.05) is 41.0 Å². The average Bonchev–Trinajstić information content (AvgIpc) is 2.57. The summed E-state index contributed by atoms with van der Waals surface area (Å²) in [5.41, 5.74) is 0.379. The van der Waals surface area contributed by atoms with E-state index in [0.717, 1.165) is 0 Å². The summed E-state index contributed by atoms with van der Waals surface area (Å²) < 4.78 is 19.5. The van der Waals surface area contributed by atoms with E-state index in [-0.39, 0.29) is 49.4 Å². The van der Waals surface area contributed by atoms with Gasteiger partial charge in [0.1, 0.15) is 0 Å². The number of ether oxygens (including phenoxy) is 4. The highest BCUT2D eigenvalue weighted by Gasteiger charge is 2.14. The largest absolute Gasteiger partial charge is 0.478 e. The number of halogens is 1. The molecule has 0 amide bonds. The molecule has 0 heterocycles. The molecule has 1 aromatic rings. The van der Waals surface area contributed by atoms with Gasteiger partial charge in [-0.1, -0.05) is 0 Å². The number of methoxy groups -OCH3 is 2. The zero-order valence-corrected chi connectivity index (χ0v) is 14.4. The van der Waals surface area contributed by atoms with Gasteiger partial charge in [0.15, 0.2) is 30.5 Å². The molecule has 1 N–H and O–H groups in total. The van der Waals surface area contributed by atoms with Gasteiger partial charge in [-0.2, -0.15) is 0 Å². The molecule has 0 radical (unpaired) electrons. The first kappa shape index (κ1) is 21.7. The molecular formula is C15H20ClNO7. The SMILES string of the molecule is CNCC(=O)c1ccc(OCC(=O)OC)c(OCC(=O)OC)c1.Cl. The first-order chi connectivity index (χ1) is 11.0. The molecule has 0 bridgehead atoms. The minimum Gasteiger partial charge on any atom is -0.478 e. The number of rotatable bonds is 9. The Hall–Kier alpha value is -2.32. The minimum absolute atomic E-state index is 0. The first-order valence-electron chi connectivity index (χ1n) is 6.72. The molecule has 0 unspecified atom stereocenters. The van der Waals surface area contributed by atoms with E-state index in [1.807, 2.05) is 0 Å². The van der Waals surface area contributed by atoms with Crippen LogP contribution in [0.15, 0.2) is 18.2 Å². The molecule has 24 heavy (non-hydrogen) atoms. The molecule has 134 valence electrons. The van der Waals surface area contributed by atoms with Crippen LogP contribution in [0.3, 0.4) is 0 Å².